The molecular weight excluding hydrogens is 322 g/mol. The number of hydrogen-bond donors (Lipinski definition) is 2. The Bertz CT molecular complexity index is 610. The molecule has 1 aromatic carbocycles. The number of carbonyl (C=O) groups is 2. The van der Waals surface area contributed by atoms with Crippen molar-refractivity contribution in [3.8, 4) is 11.5 Å². The van der Waals surface area contributed by atoms with E-state index in [1.54, 1.807) is 30.2 Å². The van der Waals surface area contributed by atoms with Crippen molar-refractivity contribution in [2.24, 2.45) is 5.73 Å². The quantitative estimate of drug-likeness (QED) is 0.804. The zero-order valence-electron chi connectivity index (χ0n) is 15.1. The molecule has 25 heavy (non-hydrogen) atoms. The molecule has 138 valence electrons. The number of ether oxygens (including phenoxy) is 2. The summed E-state index contributed by atoms with van der Waals surface area (Å²) in [6.45, 7) is 3.00. The smallest absolute Gasteiger partial charge is 0.257 e. The normalized spacial score (nSPS) is 16.2. The van der Waals surface area contributed by atoms with Crippen molar-refractivity contribution in [1.29, 1.82) is 0 Å². The molecular formula is C18H27N3O4. The highest BCUT2D eigenvalue weighted by Gasteiger charge is 2.26. The van der Waals surface area contributed by atoms with Crippen molar-refractivity contribution in [2.75, 3.05) is 27.3 Å². The largest absolute Gasteiger partial charge is 0.497 e. The van der Waals surface area contributed by atoms with Crippen LogP contribution in [0.15, 0.2) is 18.2 Å². The lowest BCUT2D eigenvalue weighted by atomic mass is 10.0. The molecule has 0 saturated carbocycles. The molecule has 1 atom stereocenters. The Labute approximate surface area is 148 Å². The van der Waals surface area contributed by atoms with Crippen LogP contribution in [0.3, 0.4) is 0 Å². The first kappa shape index (κ1) is 19.1. The van der Waals surface area contributed by atoms with Crippen LogP contribution in [0.2, 0.25) is 0 Å². The van der Waals surface area contributed by atoms with Gasteiger partial charge in [0.1, 0.15) is 11.5 Å². The Morgan fingerprint density at radius 2 is 1.96 bits per heavy atom. The monoisotopic (exact) mass is 349 g/mol. The van der Waals surface area contributed by atoms with Crippen LogP contribution in [0.4, 0.5) is 0 Å². The van der Waals surface area contributed by atoms with E-state index in [-0.39, 0.29) is 23.9 Å². The second-order valence-electron chi connectivity index (χ2n) is 6.38. The number of nitrogens with two attached hydrogens (primary N) is 1. The number of likely N-dealkylation sites (tertiary alicyclic amines) is 1. The fraction of sp³-hybridized carbons (Fsp3) is 0.556. The minimum absolute atomic E-state index is 0.0309. The summed E-state index contributed by atoms with van der Waals surface area (Å²) in [7, 11) is 3.10. The van der Waals surface area contributed by atoms with E-state index in [1.165, 1.54) is 7.11 Å². The molecule has 0 radical (unpaired) electrons. The van der Waals surface area contributed by atoms with E-state index in [0.717, 1.165) is 12.8 Å². The number of rotatable bonds is 6. The summed E-state index contributed by atoms with van der Waals surface area (Å²) in [5.41, 5.74) is 6.15. The Balaban J connectivity index is 1.94. The van der Waals surface area contributed by atoms with Gasteiger partial charge in [-0.15, -0.1) is 0 Å². The lowest BCUT2D eigenvalue weighted by Gasteiger charge is -2.32. The summed E-state index contributed by atoms with van der Waals surface area (Å²) in [6.07, 6.45) is 1.78. The van der Waals surface area contributed by atoms with E-state index in [9.17, 15) is 9.59 Å². The molecule has 0 spiro atoms. The summed E-state index contributed by atoms with van der Waals surface area (Å²) in [4.78, 5) is 26.3. The van der Waals surface area contributed by atoms with Crippen molar-refractivity contribution in [3.05, 3.63) is 23.8 Å². The molecule has 1 fully saturated rings. The molecule has 0 aromatic heterocycles. The number of nitrogens with zero attached hydrogens (tertiary/aromatic N) is 1. The predicted octanol–water partition coefficient (Wildman–Crippen LogP) is 1.16. The van der Waals surface area contributed by atoms with Gasteiger partial charge in [-0.3, -0.25) is 9.59 Å². The van der Waals surface area contributed by atoms with E-state index in [0.29, 0.717) is 36.6 Å². The molecule has 2 amide bonds. The molecule has 1 unspecified atom stereocenters. The zero-order chi connectivity index (χ0) is 18.4. The van der Waals surface area contributed by atoms with E-state index in [1.807, 2.05) is 6.92 Å². The zero-order valence-corrected chi connectivity index (χ0v) is 15.1. The lowest BCUT2D eigenvalue weighted by molar-refractivity contribution is -0.122. The molecule has 1 saturated heterocycles. The number of piperidine rings is 1. The summed E-state index contributed by atoms with van der Waals surface area (Å²) < 4.78 is 10.5. The first-order chi connectivity index (χ1) is 11.9. The van der Waals surface area contributed by atoms with Crippen LogP contribution < -0.4 is 20.5 Å². The highest BCUT2D eigenvalue weighted by Crippen LogP contribution is 2.26. The second kappa shape index (κ2) is 8.71. The molecule has 7 nitrogen and oxygen atoms in total. The molecule has 1 heterocycles. The Morgan fingerprint density at radius 1 is 1.28 bits per heavy atom. The molecule has 0 aliphatic carbocycles. The van der Waals surface area contributed by atoms with Crippen molar-refractivity contribution >= 4 is 11.8 Å². The average Bonchev–Trinajstić information content (AvgIpc) is 2.60. The first-order valence-corrected chi connectivity index (χ1v) is 8.50. The Kier molecular flexibility index (Phi) is 6.64. The summed E-state index contributed by atoms with van der Waals surface area (Å²) in [5, 5.41) is 2.99. The van der Waals surface area contributed by atoms with Gasteiger partial charge in [0.15, 0.2) is 0 Å². The molecule has 2 rings (SSSR count). The number of hydrogen-bond acceptors (Lipinski definition) is 5. The fourth-order valence-electron chi connectivity index (χ4n) is 2.95. The number of methoxy groups -OCH3 is 2. The number of carbonyl (C=O) groups excluding carboxylic acids is 2. The minimum atomic E-state index is -0.149. The molecule has 1 aromatic rings. The molecule has 1 aliphatic heterocycles. The van der Waals surface area contributed by atoms with E-state index in [4.69, 9.17) is 15.2 Å². The summed E-state index contributed by atoms with van der Waals surface area (Å²) in [6, 6.07) is 5.11. The van der Waals surface area contributed by atoms with Crippen LogP contribution in [0.25, 0.3) is 0 Å². The van der Waals surface area contributed by atoms with Crippen LogP contribution in [0, 0.1) is 0 Å². The summed E-state index contributed by atoms with van der Waals surface area (Å²) in [5.74, 6) is 1.04. The van der Waals surface area contributed by atoms with Gasteiger partial charge < -0.3 is 25.4 Å². The van der Waals surface area contributed by atoms with E-state index < -0.39 is 0 Å². The van der Waals surface area contributed by atoms with Gasteiger partial charge in [0.2, 0.25) is 5.91 Å². The minimum Gasteiger partial charge on any atom is -0.497 e. The van der Waals surface area contributed by atoms with Crippen LogP contribution >= 0.6 is 0 Å². The van der Waals surface area contributed by atoms with Gasteiger partial charge in [-0.25, -0.2) is 0 Å². The SMILES string of the molecule is COc1ccc(C(=O)N2CCC(NC(=O)CC(C)N)CC2)c(OC)c1. The van der Waals surface area contributed by atoms with Crippen LogP contribution in [-0.2, 0) is 4.79 Å². The molecule has 7 heteroatoms. The predicted molar refractivity (Wildman–Crippen MR) is 94.9 cm³/mol. The third-order valence-electron chi connectivity index (χ3n) is 4.29. The van der Waals surface area contributed by atoms with Crippen LogP contribution in [0.5, 0.6) is 11.5 Å². The number of amides is 2. The van der Waals surface area contributed by atoms with Crippen molar-refractivity contribution < 1.29 is 19.1 Å². The van der Waals surface area contributed by atoms with Gasteiger partial charge in [0.05, 0.1) is 19.8 Å². The van der Waals surface area contributed by atoms with Gasteiger partial charge in [-0.1, -0.05) is 0 Å². The maximum atomic E-state index is 12.8. The standard InChI is InChI=1S/C18H27N3O4/c1-12(19)10-17(22)20-13-6-8-21(9-7-13)18(23)15-5-4-14(24-2)11-16(15)25-3/h4-5,11-13H,6-10,19H2,1-3H3,(H,20,22). The lowest BCUT2D eigenvalue weighted by Crippen LogP contribution is -2.47. The van der Waals surface area contributed by atoms with E-state index >= 15 is 0 Å². The van der Waals surface area contributed by atoms with Crippen molar-refractivity contribution in [2.45, 2.75) is 38.3 Å². The Morgan fingerprint density at radius 3 is 2.52 bits per heavy atom. The highest BCUT2D eigenvalue weighted by atomic mass is 16.5. The second-order valence-corrected chi connectivity index (χ2v) is 6.38. The van der Waals surface area contributed by atoms with Gasteiger partial charge in [-0.2, -0.15) is 0 Å². The number of nitrogens with one attached hydrogen (secondary N) is 1. The van der Waals surface area contributed by atoms with E-state index in [2.05, 4.69) is 5.32 Å². The third kappa shape index (κ3) is 5.09. The van der Waals surface area contributed by atoms with Crippen LogP contribution in [0.1, 0.15) is 36.5 Å². The maximum Gasteiger partial charge on any atom is 0.257 e. The molecule has 1 aliphatic rings. The topological polar surface area (TPSA) is 93.9 Å². The van der Waals surface area contributed by atoms with Gasteiger partial charge in [0, 0.05) is 37.7 Å². The molecule has 3 N–H and O–H groups in total. The Hall–Kier alpha value is -2.28. The maximum absolute atomic E-state index is 12.8. The van der Waals surface area contributed by atoms with Gasteiger partial charge in [0.25, 0.3) is 5.91 Å². The van der Waals surface area contributed by atoms with Gasteiger partial charge in [-0.05, 0) is 31.9 Å². The van der Waals surface area contributed by atoms with Crippen molar-refractivity contribution in [3.63, 3.8) is 0 Å². The fourth-order valence-corrected chi connectivity index (χ4v) is 2.95. The average molecular weight is 349 g/mol. The molecule has 0 bridgehead atoms. The van der Waals surface area contributed by atoms with Crippen LogP contribution in [-0.4, -0.2) is 56.1 Å². The first-order valence-electron chi connectivity index (χ1n) is 8.50. The van der Waals surface area contributed by atoms with Gasteiger partial charge >= 0.3 is 0 Å². The number of benzene rings is 1. The van der Waals surface area contributed by atoms with Crippen molar-refractivity contribution in [1.82, 2.24) is 10.2 Å². The highest BCUT2D eigenvalue weighted by molar-refractivity contribution is 5.97. The third-order valence-corrected chi connectivity index (χ3v) is 4.29. The summed E-state index contributed by atoms with van der Waals surface area (Å²) >= 11 is 0.